The van der Waals surface area contributed by atoms with E-state index in [0.717, 1.165) is 17.9 Å². The first-order valence-electron chi connectivity index (χ1n) is 5.43. The van der Waals surface area contributed by atoms with Crippen molar-refractivity contribution < 1.29 is 4.79 Å². The van der Waals surface area contributed by atoms with Gasteiger partial charge in [-0.25, -0.2) is 0 Å². The van der Waals surface area contributed by atoms with Gasteiger partial charge in [0.25, 0.3) is 0 Å². The van der Waals surface area contributed by atoms with E-state index in [-0.39, 0.29) is 5.91 Å². The van der Waals surface area contributed by atoms with Crippen LogP contribution in [0.5, 0.6) is 0 Å². The SMILES string of the molecule is Cc1cc(N)ccc1SCC1CCC(=O)N1. The number of nitrogens with one attached hydrogen (secondary N) is 1. The fourth-order valence-corrected chi connectivity index (χ4v) is 2.91. The summed E-state index contributed by atoms with van der Waals surface area (Å²) in [5, 5.41) is 2.97. The molecule has 86 valence electrons. The van der Waals surface area contributed by atoms with E-state index in [1.165, 1.54) is 10.5 Å². The van der Waals surface area contributed by atoms with Crippen LogP contribution in [0.1, 0.15) is 18.4 Å². The number of carbonyl (C=O) groups excluding carboxylic acids is 1. The van der Waals surface area contributed by atoms with E-state index in [9.17, 15) is 4.79 Å². The summed E-state index contributed by atoms with van der Waals surface area (Å²) in [6.07, 6.45) is 1.63. The molecule has 0 bridgehead atoms. The molecule has 1 unspecified atom stereocenters. The molecule has 1 atom stereocenters. The lowest BCUT2D eigenvalue weighted by atomic mass is 10.2. The fraction of sp³-hybridized carbons (Fsp3) is 0.417. The third kappa shape index (κ3) is 2.70. The van der Waals surface area contributed by atoms with Crippen LogP contribution in [0.3, 0.4) is 0 Å². The van der Waals surface area contributed by atoms with Gasteiger partial charge in [-0.2, -0.15) is 0 Å². The Morgan fingerprint density at radius 1 is 1.56 bits per heavy atom. The molecule has 1 fully saturated rings. The van der Waals surface area contributed by atoms with Gasteiger partial charge in [-0.3, -0.25) is 4.79 Å². The number of anilines is 1. The standard InChI is InChI=1S/C12H16N2OS/c1-8-6-9(13)2-4-11(8)16-7-10-3-5-12(15)14-10/h2,4,6,10H,3,5,7,13H2,1H3,(H,14,15). The number of thioether (sulfide) groups is 1. The van der Waals surface area contributed by atoms with Crippen molar-refractivity contribution in [1.29, 1.82) is 0 Å². The average Bonchev–Trinajstić information content (AvgIpc) is 2.63. The molecule has 0 aromatic heterocycles. The molecule has 0 spiro atoms. The van der Waals surface area contributed by atoms with Crippen LogP contribution >= 0.6 is 11.8 Å². The number of nitrogen functional groups attached to an aromatic ring is 1. The monoisotopic (exact) mass is 236 g/mol. The summed E-state index contributed by atoms with van der Waals surface area (Å²) in [4.78, 5) is 12.3. The van der Waals surface area contributed by atoms with Gasteiger partial charge in [0.05, 0.1) is 0 Å². The van der Waals surface area contributed by atoms with E-state index in [1.54, 1.807) is 11.8 Å². The summed E-state index contributed by atoms with van der Waals surface area (Å²) in [6.45, 7) is 2.06. The maximum absolute atomic E-state index is 11.0. The normalized spacial score (nSPS) is 19.8. The Morgan fingerprint density at radius 2 is 2.38 bits per heavy atom. The zero-order valence-electron chi connectivity index (χ0n) is 9.32. The second-order valence-corrected chi connectivity index (χ2v) is 5.20. The lowest BCUT2D eigenvalue weighted by molar-refractivity contribution is -0.119. The number of nitrogens with two attached hydrogens (primary N) is 1. The highest BCUT2D eigenvalue weighted by molar-refractivity contribution is 7.99. The molecule has 0 aliphatic carbocycles. The third-order valence-electron chi connectivity index (χ3n) is 2.72. The van der Waals surface area contributed by atoms with Crippen molar-refractivity contribution in [3.63, 3.8) is 0 Å². The second kappa shape index (κ2) is 4.78. The molecule has 1 aliphatic rings. The van der Waals surface area contributed by atoms with E-state index in [2.05, 4.69) is 12.2 Å². The minimum Gasteiger partial charge on any atom is -0.399 e. The van der Waals surface area contributed by atoms with Gasteiger partial charge in [-0.1, -0.05) is 0 Å². The predicted molar refractivity (Wildman–Crippen MR) is 67.5 cm³/mol. The van der Waals surface area contributed by atoms with E-state index >= 15 is 0 Å². The first-order chi connectivity index (χ1) is 7.65. The molecule has 2 rings (SSSR count). The lowest BCUT2D eigenvalue weighted by Crippen LogP contribution is -2.27. The largest absolute Gasteiger partial charge is 0.399 e. The van der Waals surface area contributed by atoms with Crippen molar-refractivity contribution in [3.05, 3.63) is 23.8 Å². The van der Waals surface area contributed by atoms with Gasteiger partial charge in [0.1, 0.15) is 0 Å². The zero-order valence-corrected chi connectivity index (χ0v) is 10.1. The van der Waals surface area contributed by atoms with Crippen molar-refractivity contribution in [2.24, 2.45) is 0 Å². The highest BCUT2D eigenvalue weighted by Crippen LogP contribution is 2.26. The molecule has 1 heterocycles. The summed E-state index contributed by atoms with van der Waals surface area (Å²) in [5.74, 6) is 1.12. The first-order valence-corrected chi connectivity index (χ1v) is 6.42. The van der Waals surface area contributed by atoms with Crippen molar-refractivity contribution >= 4 is 23.4 Å². The Labute approximate surface area is 99.8 Å². The minimum absolute atomic E-state index is 0.180. The molecule has 4 heteroatoms. The van der Waals surface area contributed by atoms with Crippen LogP contribution in [0.25, 0.3) is 0 Å². The molecular weight excluding hydrogens is 220 g/mol. The van der Waals surface area contributed by atoms with Crippen LogP contribution in [0.2, 0.25) is 0 Å². The van der Waals surface area contributed by atoms with Crippen LogP contribution in [0, 0.1) is 6.92 Å². The molecule has 1 amide bonds. The zero-order chi connectivity index (χ0) is 11.5. The maximum atomic E-state index is 11.0. The Kier molecular flexibility index (Phi) is 3.39. The maximum Gasteiger partial charge on any atom is 0.220 e. The number of benzene rings is 1. The van der Waals surface area contributed by atoms with Gasteiger partial charge in [0.2, 0.25) is 5.91 Å². The predicted octanol–water partition coefficient (Wildman–Crippen LogP) is 1.95. The molecule has 16 heavy (non-hydrogen) atoms. The summed E-state index contributed by atoms with van der Waals surface area (Å²) in [6, 6.07) is 6.28. The van der Waals surface area contributed by atoms with Gasteiger partial charge in [-0.15, -0.1) is 11.8 Å². The smallest absolute Gasteiger partial charge is 0.220 e. The quantitative estimate of drug-likeness (QED) is 0.623. The van der Waals surface area contributed by atoms with Crippen LogP contribution in [0.15, 0.2) is 23.1 Å². The highest BCUT2D eigenvalue weighted by atomic mass is 32.2. The average molecular weight is 236 g/mol. The molecule has 1 aromatic rings. The Morgan fingerprint density at radius 3 is 3.00 bits per heavy atom. The topological polar surface area (TPSA) is 55.1 Å². The fourth-order valence-electron chi connectivity index (χ4n) is 1.83. The second-order valence-electron chi connectivity index (χ2n) is 4.14. The lowest BCUT2D eigenvalue weighted by Gasteiger charge is -2.11. The summed E-state index contributed by atoms with van der Waals surface area (Å²) in [5.41, 5.74) is 7.70. The number of carbonyl (C=O) groups is 1. The van der Waals surface area contributed by atoms with Gasteiger partial charge in [-0.05, 0) is 37.1 Å². The Balaban J connectivity index is 1.92. The first kappa shape index (κ1) is 11.3. The number of rotatable bonds is 3. The molecule has 0 saturated carbocycles. The molecule has 0 radical (unpaired) electrons. The Hall–Kier alpha value is -1.16. The van der Waals surface area contributed by atoms with E-state index in [0.29, 0.717) is 12.5 Å². The van der Waals surface area contributed by atoms with E-state index in [1.807, 2.05) is 18.2 Å². The molecule has 1 saturated heterocycles. The molecule has 1 aliphatic heterocycles. The van der Waals surface area contributed by atoms with Gasteiger partial charge >= 0.3 is 0 Å². The van der Waals surface area contributed by atoms with Crippen LogP contribution in [0.4, 0.5) is 5.69 Å². The van der Waals surface area contributed by atoms with Gasteiger partial charge in [0, 0.05) is 28.8 Å². The molecule has 3 N–H and O–H groups in total. The van der Waals surface area contributed by atoms with E-state index < -0.39 is 0 Å². The minimum atomic E-state index is 0.180. The van der Waals surface area contributed by atoms with E-state index in [4.69, 9.17) is 5.73 Å². The summed E-state index contributed by atoms with van der Waals surface area (Å²) in [7, 11) is 0. The third-order valence-corrected chi connectivity index (χ3v) is 4.06. The van der Waals surface area contributed by atoms with Gasteiger partial charge in [0.15, 0.2) is 0 Å². The number of amides is 1. The highest BCUT2D eigenvalue weighted by Gasteiger charge is 2.20. The Bertz CT molecular complexity index is 406. The molecule has 3 nitrogen and oxygen atoms in total. The van der Waals surface area contributed by atoms with Crippen molar-refractivity contribution in [2.45, 2.75) is 30.7 Å². The molecule has 1 aromatic carbocycles. The van der Waals surface area contributed by atoms with Gasteiger partial charge < -0.3 is 11.1 Å². The van der Waals surface area contributed by atoms with Crippen molar-refractivity contribution in [2.75, 3.05) is 11.5 Å². The molecular formula is C12H16N2OS. The van der Waals surface area contributed by atoms with Crippen LogP contribution in [-0.2, 0) is 4.79 Å². The van der Waals surface area contributed by atoms with Crippen molar-refractivity contribution in [3.8, 4) is 0 Å². The summed E-state index contributed by atoms with van der Waals surface area (Å²) < 4.78 is 0. The van der Waals surface area contributed by atoms with Crippen LogP contribution in [-0.4, -0.2) is 17.7 Å². The number of aryl methyl sites for hydroxylation is 1. The number of hydrogen-bond donors (Lipinski definition) is 2. The van der Waals surface area contributed by atoms with Crippen molar-refractivity contribution in [1.82, 2.24) is 5.32 Å². The van der Waals surface area contributed by atoms with Crippen LogP contribution < -0.4 is 11.1 Å². The summed E-state index contributed by atoms with van der Waals surface area (Å²) >= 11 is 1.78. The number of hydrogen-bond acceptors (Lipinski definition) is 3.